The third kappa shape index (κ3) is 22.4. The molecule has 0 radical (unpaired) electrons. The van der Waals surface area contributed by atoms with E-state index in [9.17, 15) is 19.2 Å². The van der Waals surface area contributed by atoms with Crippen LogP contribution in [0.15, 0.2) is 41.6 Å². The second-order valence-corrected chi connectivity index (χ2v) is 16.3. The number of nitrogens with zero attached hydrogens (tertiary/aromatic N) is 2. The van der Waals surface area contributed by atoms with Crippen molar-refractivity contribution in [1.29, 1.82) is 0 Å². The fourth-order valence-corrected chi connectivity index (χ4v) is 6.16. The first-order valence-electron chi connectivity index (χ1n) is 18.6. The lowest BCUT2D eigenvalue weighted by Crippen LogP contribution is -2.36. The molecular formula is C39H61N5O10S. The number of hydrogen-bond donors (Lipinski definition) is 4. The van der Waals surface area contributed by atoms with Crippen molar-refractivity contribution in [2.45, 2.75) is 91.1 Å². The van der Waals surface area contributed by atoms with E-state index in [2.05, 4.69) is 51.3 Å². The van der Waals surface area contributed by atoms with Crippen LogP contribution in [0, 0.1) is 10.8 Å². The van der Waals surface area contributed by atoms with Gasteiger partial charge in [0.25, 0.3) is 5.91 Å². The first-order chi connectivity index (χ1) is 26.0. The van der Waals surface area contributed by atoms with E-state index in [4.69, 9.17) is 28.8 Å². The van der Waals surface area contributed by atoms with Crippen LogP contribution in [0.5, 0.6) is 0 Å². The third-order valence-corrected chi connectivity index (χ3v) is 8.59. The van der Waals surface area contributed by atoms with Gasteiger partial charge in [0.2, 0.25) is 11.9 Å². The molecule has 15 nitrogen and oxygen atoms in total. The predicted molar refractivity (Wildman–Crippen MR) is 210 cm³/mol. The number of esters is 1. The largest absolute Gasteiger partial charge is 0.480 e. The Morgan fingerprint density at radius 3 is 2.04 bits per heavy atom. The molecule has 0 spiro atoms. The third-order valence-electron chi connectivity index (χ3n) is 7.82. The Kier molecular flexibility index (Phi) is 21.2. The fraction of sp³-hybridized carbons (Fsp3) is 0.641. The van der Waals surface area contributed by atoms with Crippen molar-refractivity contribution in [3.8, 4) is 0 Å². The molecule has 308 valence electrons. The molecular weight excluding hydrogens is 731 g/mol. The summed E-state index contributed by atoms with van der Waals surface area (Å²) in [5.41, 5.74) is 0.531. The highest BCUT2D eigenvalue weighted by Crippen LogP contribution is 2.39. The van der Waals surface area contributed by atoms with E-state index in [1.807, 2.05) is 46.8 Å². The molecule has 2 amide bonds. The molecule has 0 aliphatic rings. The molecule has 0 bridgehead atoms. The molecule has 4 N–H and O–H groups in total. The highest BCUT2D eigenvalue weighted by Gasteiger charge is 2.37. The summed E-state index contributed by atoms with van der Waals surface area (Å²) in [6.07, 6.45) is 7.75. The number of carboxylic acids is 1. The number of benzene rings is 1. The number of carbonyl (C=O) groups excluding carboxylic acids is 3. The average Bonchev–Trinajstić information content (AvgIpc) is 3.10. The molecule has 1 aromatic heterocycles. The molecule has 0 fully saturated rings. The Morgan fingerprint density at radius 1 is 0.782 bits per heavy atom. The lowest BCUT2D eigenvalue weighted by Gasteiger charge is -2.35. The SMILES string of the molecule is CC(C)(CCCCc1cccc(SNc2ncc(C(=O)NCCOCCOCC(=O)NCCOCCOCC(=O)O)cn2)c1)CC(C)(C)C(=O)OC(C)(C)C. The maximum Gasteiger partial charge on any atom is 0.329 e. The second kappa shape index (κ2) is 24.6. The summed E-state index contributed by atoms with van der Waals surface area (Å²) in [5.74, 6) is -1.43. The average molecular weight is 792 g/mol. The van der Waals surface area contributed by atoms with Gasteiger partial charge in [-0.2, -0.15) is 0 Å². The Morgan fingerprint density at radius 2 is 1.40 bits per heavy atom. The first-order valence-corrected chi connectivity index (χ1v) is 19.4. The van der Waals surface area contributed by atoms with Gasteiger partial charge in [-0.25, -0.2) is 14.8 Å². The number of unbranched alkanes of at least 4 members (excludes halogenated alkanes) is 1. The van der Waals surface area contributed by atoms with Crippen LogP contribution in [-0.2, 0) is 44.5 Å². The number of rotatable bonds is 28. The monoisotopic (exact) mass is 791 g/mol. The number of aromatic nitrogens is 2. The molecule has 0 aliphatic carbocycles. The van der Waals surface area contributed by atoms with E-state index in [-0.39, 0.29) is 89.1 Å². The molecule has 0 atom stereocenters. The maximum atomic E-state index is 12.7. The fourth-order valence-electron chi connectivity index (χ4n) is 5.49. The number of amides is 2. The number of carboxylic acid groups (broad SMARTS) is 1. The molecule has 1 heterocycles. The van der Waals surface area contributed by atoms with Gasteiger partial charge in [0.15, 0.2) is 0 Å². The lowest BCUT2D eigenvalue weighted by molar-refractivity contribution is -0.167. The lowest BCUT2D eigenvalue weighted by atomic mass is 9.72. The standard InChI is InChI=1S/C39H61N5O10S/c1-37(2,3)54-35(49)39(6,7)28-38(4,5)14-9-8-11-29-12-10-13-31(23-29)55-44-36-42-24-30(25-43-36)34(48)41-16-18-51-19-21-52-26-32(45)40-15-17-50-20-22-53-27-33(46)47/h10,12-13,23-25H,8-9,11,14-22,26-28H2,1-7H3,(H,40,45)(H,41,48)(H,46,47)(H,42,43,44). The molecule has 55 heavy (non-hydrogen) atoms. The van der Waals surface area contributed by atoms with Crippen LogP contribution in [-0.4, -0.2) is 110 Å². The number of aryl methyl sites for hydroxylation is 1. The Bertz CT molecular complexity index is 1470. The Balaban J connectivity index is 1.57. The second-order valence-electron chi connectivity index (χ2n) is 15.4. The summed E-state index contributed by atoms with van der Waals surface area (Å²) >= 11 is 1.40. The smallest absolute Gasteiger partial charge is 0.329 e. The van der Waals surface area contributed by atoms with Crippen LogP contribution in [0.3, 0.4) is 0 Å². The van der Waals surface area contributed by atoms with Crippen LogP contribution in [0.1, 0.15) is 90.1 Å². The van der Waals surface area contributed by atoms with Gasteiger partial charge in [0.05, 0.1) is 50.6 Å². The minimum atomic E-state index is -1.04. The normalized spacial score (nSPS) is 11.9. The van der Waals surface area contributed by atoms with Gasteiger partial charge in [-0.1, -0.05) is 32.4 Å². The molecule has 0 saturated heterocycles. The van der Waals surface area contributed by atoms with Crippen LogP contribution in [0.25, 0.3) is 0 Å². The van der Waals surface area contributed by atoms with Gasteiger partial charge in [-0.05, 0) is 95.4 Å². The summed E-state index contributed by atoms with van der Waals surface area (Å²) in [7, 11) is 0. The number of anilines is 1. The van der Waals surface area contributed by atoms with E-state index >= 15 is 0 Å². The van der Waals surface area contributed by atoms with Gasteiger partial charge in [0.1, 0.15) is 18.8 Å². The zero-order chi connectivity index (χ0) is 40.7. The predicted octanol–water partition coefficient (Wildman–Crippen LogP) is 5.09. The first kappa shape index (κ1) is 47.3. The Hall–Kier alpha value is -3.83. The van der Waals surface area contributed by atoms with Crippen molar-refractivity contribution < 1.29 is 48.0 Å². The highest BCUT2D eigenvalue weighted by molar-refractivity contribution is 8.00. The van der Waals surface area contributed by atoms with Crippen molar-refractivity contribution in [1.82, 2.24) is 20.6 Å². The van der Waals surface area contributed by atoms with E-state index in [1.165, 1.54) is 29.9 Å². The zero-order valence-corrected chi connectivity index (χ0v) is 34.3. The van der Waals surface area contributed by atoms with Gasteiger partial charge in [0, 0.05) is 30.4 Å². The van der Waals surface area contributed by atoms with Gasteiger partial charge in [-0.3, -0.25) is 19.1 Å². The van der Waals surface area contributed by atoms with Crippen LogP contribution in [0.2, 0.25) is 0 Å². The number of aliphatic carboxylic acids is 1. The molecule has 0 saturated carbocycles. The van der Waals surface area contributed by atoms with Crippen LogP contribution >= 0.6 is 11.9 Å². The molecule has 0 unspecified atom stereocenters. The van der Waals surface area contributed by atoms with Gasteiger partial charge < -0.3 is 39.4 Å². The summed E-state index contributed by atoms with van der Waals surface area (Å²) in [4.78, 5) is 56.9. The molecule has 2 aromatic rings. The van der Waals surface area contributed by atoms with E-state index in [0.717, 1.165) is 37.0 Å². The number of hydrogen-bond acceptors (Lipinski definition) is 13. The zero-order valence-electron chi connectivity index (χ0n) is 33.5. The number of ether oxygens (including phenoxy) is 5. The molecule has 1 aromatic carbocycles. The van der Waals surface area contributed by atoms with Crippen LogP contribution < -0.4 is 15.4 Å². The maximum absolute atomic E-state index is 12.7. The van der Waals surface area contributed by atoms with Gasteiger partial charge >= 0.3 is 11.9 Å². The van der Waals surface area contributed by atoms with Crippen molar-refractivity contribution in [2.24, 2.45) is 10.8 Å². The number of nitrogens with one attached hydrogen (secondary N) is 3. The topological polar surface area (TPSA) is 197 Å². The van der Waals surface area contributed by atoms with Gasteiger partial charge in [-0.15, -0.1) is 0 Å². The summed E-state index contributed by atoms with van der Waals surface area (Å²) in [5, 5.41) is 13.9. The van der Waals surface area contributed by atoms with E-state index in [1.54, 1.807) is 0 Å². The quantitative estimate of drug-likeness (QED) is 0.0505. The molecule has 0 aliphatic heterocycles. The highest BCUT2D eigenvalue weighted by atomic mass is 32.2. The van der Waals surface area contributed by atoms with Crippen molar-refractivity contribution in [3.63, 3.8) is 0 Å². The Labute approximate surface area is 329 Å². The van der Waals surface area contributed by atoms with Crippen molar-refractivity contribution in [3.05, 3.63) is 47.8 Å². The summed E-state index contributed by atoms with van der Waals surface area (Å²) in [6.45, 7) is 15.5. The summed E-state index contributed by atoms with van der Waals surface area (Å²) in [6, 6.07) is 8.32. The summed E-state index contributed by atoms with van der Waals surface area (Å²) < 4.78 is 29.6. The minimum absolute atomic E-state index is 0.0112. The van der Waals surface area contributed by atoms with E-state index < -0.39 is 17.0 Å². The number of carbonyl (C=O) groups is 4. The minimum Gasteiger partial charge on any atom is -0.480 e. The van der Waals surface area contributed by atoms with Crippen molar-refractivity contribution >= 4 is 41.6 Å². The van der Waals surface area contributed by atoms with E-state index in [0.29, 0.717) is 11.5 Å². The van der Waals surface area contributed by atoms with Crippen molar-refractivity contribution in [2.75, 3.05) is 70.7 Å². The molecule has 16 heteroatoms. The van der Waals surface area contributed by atoms with Crippen LogP contribution in [0.4, 0.5) is 5.95 Å². The molecule has 2 rings (SSSR count).